The van der Waals surface area contributed by atoms with Crippen molar-refractivity contribution in [3.8, 4) is 11.3 Å². The molecule has 2 N–H and O–H groups in total. The van der Waals surface area contributed by atoms with E-state index in [0.29, 0.717) is 16.8 Å². The van der Waals surface area contributed by atoms with Crippen molar-refractivity contribution >= 4 is 33.4 Å². The molecule has 0 aliphatic heterocycles. The highest BCUT2D eigenvalue weighted by Gasteiger charge is 2.21. The number of aromatic carboxylic acids is 1. The molecule has 4 aromatic rings. The summed E-state index contributed by atoms with van der Waals surface area (Å²) in [6.45, 7) is 1.79. The quantitative estimate of drug-likeness (QED) is 0.460. The monoisotopic (exact) mass is 420 g/mol. The molecule has 0 fully saturated rings. The number of rotatable bonds is 5. The predicted octanol–water partition coefficient (Wildman–Crippen LogP) is 5.29. The van der Waals surface area contributed by atoms with E-state index >= 15 is 0 Å². The van der Waals surface area contributed by atoms with Gasteiger partial charge < -0.3 is 10.4 Å². The number of halogens is 1. The normalized spacial score (nSPS) is 11.9. The van der Waals surface area contributed by atoms with Crippen LogP contribution in [0, 0.1) is 5.82 Å². The van der Waals surface area contributed by atoms with Crippen LogP contribution < -0.4 is 5.32 Å². The van der Waals surface area contributed by atoms with Crippen molar-refractivity contribution in [1.29, 1.82) is 0 Å². The third-order valence-electron chi connectivity index (χ3n) is 4.79. The van der Waals surface area contributed by atoms with Gasteiger partial charge in [0.15, 0.2) is 0 Å². The van der Waals surface area contributed by atoms with Gasteiger partial charge in [-0.25, -0.2) is 14.2 Å². The van der Waals surface area contributed by atoms with Crippen LogP contribution in [0.4, 0.5) is 4.39 Å². The summed E-state index contributed by atoms with van der Waals surface area (Å²) in [5.74, 6) is -2.05. The Morgan fingerprint density at radius 3 is 2.57 bits per heavy atom. The standard InChI is InChI=1S/C23H17FN2O3S/c1-13(25-21(27)17-7-2-3-8-18(17)23(28)29)19-12-15-9-10-30-22(15)26-20(19)14-5-4-6-16(24)11-14/h2-13H,1H3,(H,25,27)(H,28,29). The summed E-state index contributed by atoms with van der Waals surface area (Å²) >= 11 is 1.48. The Bertz CT molecular complexity index is 1270. The molecule has 0 radical (unpaired) electrons. The summed E-state index contributed by atoms with van der Waals surface area (Å²) < 4.78 is 13.8. The fourth-order valence-electron chi connectivity index (χ4n) is 3.33. The molecule has 0 spiro atoms. The second-order valence-electron chi connectivity index (χ2n) is 6.80. The number of carboxylic acid groups (broad SMARTS) is 1. The number of nitrogens with one attached hydrogen (secondary N) is 1. The van der Waals surface area contributed by atoms with Crippen molar-refractivity contribution in [3.05, 3.63) is 88.6 Å². The summed E-state index contributed by atoms with van der Waals surface area (Å²) in [5.41, 5.74) is 1.90. The Morgan fingerprint density at radius 2 is 1.83 bits per heavy atom. The summed E-state index contributed by atoms with van der Waals surface area (Å²) in [5, 5.41) is 15.1. The maximum absolute atomic E-state index is 13.8. The van der Waals surface area contributed by atoms with Gasteiger partial charge in [-0.2, -0.15) is 0 Å². The number of aromatic nitrogens is 1. The lowest BCUT2D eigenvalue weighted by Crippen LogP contribution is -2.28. The molecule has 5 nitrogen and oxygen atoms in total. The number of nitrogens with zero attached hydrogens (tertiary/aromatic N) is 1. The highest BCUT2D eigenvalue weighted by atomic mass is 32.1. The topological polar surface area (TPSA) is 79.3 Å². The third kappa shape index (κ3) is 3.79. The second-order valence-corrected chi connectivity index (χ2v) is 7.69. The van der Waals surface area contributed by atoms with E-state index in [9.17, 15) is 19.1 Å². The zero-order valence-corrected chi connectivity index (χ0v) is 16.7. The van der Waals surface area contributed by atoms with Crippen LogP contribution in [0.2, 0.25) is 0 Å². The summed E-state index contributed by atoms with van der Waals surface area (Å²) in [6.07, 6.45) is 0. The van der Waals surface area contributed by atoms with Crippen LogP contribution in [0.15, 0.2) is 66.0 Å². The van der Waals surface area contributed by atoms with E-state index in [1.165, 1.54) is 35.6 Å². The number of pyridine rings is 1. The van der Waals surface area contributed by atoms with Crippen LogP contribution in [0.1, 0.15) is 39.2 Å². The number of hydrogen-bond acceptors (Lipinski definition) is 4. The van der Waals surface area contributed by atoms with E-state index in [1.54, 1.807) is 31.2 Å². The molecule has 7 heteroatoms. The lowest BCUT2D eigenvalue weighted by Gasteiger charge is -2.19. The van der Waals surface area contributed by atoms with Gasteiger partial charge in [0.05, 0.1) is 22.9 Å². The number of fused-ring (bicyclic) bond motifs is 1. The molecule has 0 aliphatic rings. The van der Waals surface area contributed by atoms with Crippen molar-refractivity contribution in [2.45, 2.75) is 13.0 Å². The van der Waals surface area contributed by atoms with Crippen LogP contribution in [-0.4, -0.2) is 22.0 Å². The number of hydrogen-bond donors (Lipinski definition) is 2. The highest BCUT2D eigenvalue weighted by Crippen LogP contribution is 2.32. The van der Waals surface area contributed by atoms with E-state index in [4.69, 9.17) is 4.98 Å². The predicted molar refractivity (Wildman–Crippen MR) is 114 cm³/mol. The molecule has 30 heavy (non-hydrogen) atoms. The third-order valence-corrected chi connectivity index (χ3v) is 5.61. The molecule has 0 bridgehead atoms. The minimum atomic E-state index is -1.17. The zero-order chi connectivity index (χ0) is 21.3. The molecule has 1 atom stereocenters. The first kappa shape index (κ1) is 19.7. The second kappa shape index (κ2) is 8.04. The van der Waals surface area contributed by atoms with Gasteiger partial charge in [-0.3, -0.25) is 4.79 Å². The van der Waals surface area contributed by atoms with Gasteiger partial charge in [-0.15, -0.1) is 11.3 Å². The lowest BCUT2D eigenvalue weighted by molar-refractivity contribution is 0.0690. The first-order chi connectivity index (χ1) is 14.4. The van der Waals surface area contributed by atoms with Gasteiger partial charge in [0, 0.05) is 16.5 Å². The molecule has 1 unspecified atom stereocenters. The van der Waals surface area contributed by atoms with Gasteiger partial charge in [-0.1, -0.05) is 24.3 Å². The number of benzene rings is 2. The average Bonchev–Trinajstić information content (AvgIpc) is 3.20. The Hall–Kier alpha value is -3.58. The van der Waals surface area contributed by atoms with Crippen LogP contribution in [0.5, 0.6) is 0 Å². The minimum absolute atomic E-state index is 0.0704. The number of carboxylic acids is 1. The average molecular weight is 420 g/mol. The minimum Gasteiger partial charge on any atom is -0.478 e. The molecule has 0 saturated heterocycles. The SMILES string of the molecule is CC(NC(=O)c1ccccc1C(=O)O)c1cc2ccsc2nc1-c1cccc(F)c1. The Balaban J connectivity index is 1.74. The molecule has 2 heterocycles. The van der Waals surface area contributed by atoms with Crippen LogP contribution in [-0.2, 0) is 0 Å². The number of thiophene rings is 1. The molecule has 0 saturated carbocycles. The largest absolute Gasteiger partial charge is 0.478 e. The van der Waals surface area contributed by atoms with E-state index < -0.39 is 17.9 Å². The lowest BCUT2D eigenvalue weighted by atomic mass is 9.99. The van der Waals surface area contributed by atoms with Gasteiger partial charge in [0.2, 0.25) is 0 Å². The molecular formula is C23H17FN2O3S. The van der Waals surface area contributed by atoms with Crippen molar-refractivity contribution in [1.82, 2.24) is 10.3 Å². The van der Waals surface area contributed by atoms with Crippen LogP contribution in [0.25, 0.3) is 21.5 Å². The number of amides is 1. The number of carbonyl (C=O) groups is 2. The van der Waals surface area contributed by atoms with Crippen molar-refractivity contribution in [2.75, 3.05) is 0 Å². The molecule has 4 rings (SSSR count). The summed E-state index contributed by atoms with van der Waals surface area (Å²) in [4.78, 5) is 29.8. The van der Waals surface area contributed by atoms with E-state index in [0.717, 1.165) is 10.2 Å². The summed E-state index contributed by atoms with van der Waals surface area (Å²) in [6, 6.07) is 15.5. The van der Waals surface area contributed by atoms with Gasteiger partial charge in [0.25, 0.3) is 5.91 Å². The van der Waals surface area contributed by atoms with Crippen LogP contribution in [0.3, 0.4) is 0 Å². The zero-order valence-electron chi connectivity index (χ0n) is 15.9. The van der Waals surface area contributed by atoms with Crippen molar-refractivity contribution in [2.24, 2.45) is 0 Å². The van der Waals surface area contributed by atoms with Gasteiger partial charge >= 0.3 is 5.97 Å². The summed E-state index contributed by atoms with van der Waals surface area (Å²) in [7, 11) is 0. The Morgan fingerprint density at radius 1 is 1.07 bits per heavy atom. The molecule has 2 aromatic heterocycles. The smallest absolute Gasteiger partial charge is 0.336 e. The Kier molecular flexibility index (Phi) is 5.29. The molecule has 0 aliphatic carbocycles. The van der Waals surface area contributed by atoms with Crippen molar-refractivity contribution in [3.63, 3.8) is 0 Å². The maximum Gasteiger partial charge on any atom is 0.336 e. The van der Waals surface area contributed by atoms with Gasteiger partial charge in [-0.05, 0) is 48.7 Å². The van der Waals surface area contributed by atoms with Crippen molar-refractivity contribution < 1.29 is 19.1 Å². The fourth-order valence-corrected chi connectivity index (χ4v) is 4.08. The van der Waals surface area contributed by atoms with E-state index in [-0.39, 0.29) is 16.9 Å². The van der Waals surface area contributed by atoms with Crippen LogP contribution >= 0.6 is 11.3 Å². The first-order valence-electron chi connectivity index (χ1n) is 9.21. The van der Waals surface area contributed by atoms with E-state index in [1.807, 2.05) is 17.5 Å². The highest BCUT2D eigenvalue weighted by molar-refractivity contribution is 7.16. The Labute approximate surface area is 175 Å². The molecule has 2 aromatic carbocycles. The molecular weight excluding hydrogens is 403 g/mol. The van der Waals surface area contributed by atoms with Gasteiger partial charge in [0.1, 0.15) is 10.6 Å². The molecule has 150 valence electrons. The maximum atomic E-state index is 13.8. The fraction of sp³-hybridized carbons (Fsp3) is 0.0870. The van der Waals surface area contributed by atoms with E-state index in [2.05, 4.69) is 5.32 Å². The molecule has 1 amide bonds. The number of carbonyl (C=O) groups excluding carboxylic acids is 1. The first-order valence-corrected chi connectivity index (χ1v) is 10.1.